The first-order valence-electron chi connectivity index (χ1n) is 11.8. The highest BCUT2D eigenvalue weighted by Gasteiger charge is 2.23. The number of hydrogen-bond donors (Lipinski definition) is 0. The minimum Gasteiger partial charge on any atom is -0.481 e. The molecule has 0 amide bonds. The number of hydrogen-bond acceptors (Lipinski definition) is 6. The molecular formula is C29H24ClN5O2. The third-order valence-corrected chi connectivity index (χ3v) is 6.23. The van der Waals surface area contributed by atoms with E-state index in [1.54, 1.807) is 18.3 Å². The van der Waals surface area contributed by atoms with Gasteiger partial charge >= 0.3 is 0 Å². The van der Waals surface area contributed by atoms with Crippen LogP contribution in [-0.2, 0) is 0 Å². The highest BCUT2D eigenvalue weighted by molar-refractivity contribution is 6.36. The SMILES string of the molecule is COc1cc(C(=O)c2cn(C(C)C)c3ncnc(Cl)c23)cc(N=C(c2ccccc2)c2ccccc2)n1. The number of nitrogens with zero attached hydrogens (tertiary/aromatic N) is 5. The first-order valence-corrected chi connectivity index (χ1v) is 12.2. The molecule has 0 aliphatic heterocycles. The molecule has 0 fully saturated rings. The molecule has 0 atom stereocenters. The van der Waals surface area contributed by atoms with Crippen molar-refractivity contribution >= 4 is 39.9 Å². The Labute approximate surface area is 219 Å². The fraction of sp³-hybridized carbons (Fsp3) is 0.138. The Morgan fingerprint density at radius 2 is 1.59 bits per heavy atom. The first-order chi connectivity index (χ1) is 18.0. The van der Waals surface area contributed by atoms with Crippen molar-refractivity contribution in [2.45, 2.75) is 19.9 Å². The summed E-state index contributed by atoms with van der Waals surface area (Å²) in [6.07, 6.45) is 3.17. The lowest BCUT2D eigenvalue weighted by molar-refractivity contribution is 0.103. The molecule has 0 unspecified atom stereocenters. The predicted octanol–water partition coefficient (Wildman–Crippen LogP) is 6.47. The van der Waals surface area contributed by atoms with Crippen LogP contribution >= 0.6 is 11.6 Å². The standard InChI is InChI=1S/C29H24ClN5O2/c1-18(2)35-16-22(25-28(30)31-17-32-29(25)35)27(36)21-14-23(33-24(15-21)37-3)34-26(19-10-6-4-7-11-19)20-12-8-5-9-13-20/h4-18H,1-3H3. The molecule has 5 aromatic rings. The molecule has 2 aromatic carbocycles. The highest BCUT2D eigenvalue weighted by Crippen LogP contribution is 2.31. The number of fused-ring (bicyclic) bond motifs is 1. The van der Waals surface area contributed by atoms with Crippen molar-refractivity contribution in [3.05, 3.63) is 113 Å². The smallest absolute Gasteiger partial charge is 0.215 e. The van der Waals surface area contributed by atoms with Gasteiger partial charge in [0.05, 0.1) is 23.8 Å². The summed E-state index contributed by atoms with van der Waals surface area (Å²) in [5, 5.41) is 0.736. The van der Waals surface area contributed by atoms with Gasteiger partial charge in [0, 0.05) is 35.0 Å². The number of benzene rings is 2. The number of ketones is 1. The van der Waals surface area contributed by atoms with Gasteiger partial charge in [-0.05, 0) is 19.9 Å². The molecule has 0 aliphatic carbocycles. The summed E-state index contributed by atoms with van der Waals surface area (Å²) in [7, 11) is 1.51. The Balaban J connectivity index is 1.66. The van der Waals surface area contributed by atoms with Gasteiger partial charge in [-0.15, -0.1) is 0 Å². The molecular weight excluding hydrogens is 486 g/mol. The lowest BCUT2D eigenvalue weighted by Crippen LogP contribution is -2.05. The van der Waals surface area contributed by atoms with Crippen LogP contribution in [0.1, 0.15) is 46.9 Å². The first kappa shape index (κ1) is 24.3. The Kier molecular flexibility index (Phi) is 6.79. The molecule has 0 saturated heterocycles. The number of aliphatic imine (C=N–C) groups is 1. The Hall–Kier alpha value is -4.36. The van der Waals surface area contributed by atoms with E-state index in [1.165, 1.54) is 13.4 Å². The molecule has 0 saturated carbocycles. The topological polar surface area (TPSA) is 82.3 Å². The van der Waals surface area contributed by atoms with Gasteiger partial charge < -0.3 is 9.30 Å². The van der Waals surface area contributed by atoms with Crippen molar-refractivity contribution < 1.29 is 9.53 Å². The van der Waals surface area contributed by atoms with Crippen molar-refractivity contribution in [1.82, 2.24) is 19.5 Å². The Morgan fingerprint density at radius 1 is 0.946 bits per heavy atom. The van der Waals surface area contributed by atoms with Gasteiger partial charge in [-0.1, -0.05) is 72.3 Å². The third kappa shape index (κ3) is 4.86. The lowest BCUT2D eigenvalue weighted by atomic mass is 10.0. The van der Waals surface area contributed by atoms with Gasteiger partial charge in [0.25, 0.3) is 0 Å². The van der Waals surface area contributed by atoms with Crippen LogP contribution in [0.5, 0.6) is 5.88 Å². The van der Waals surface area contributed by atoms with E-state index < -0.39 is 0 Å². The number of ether oxygens (including phenoxy) is 1. The van der Waals surface area contributed by atoms with E-state index in [-0.39, 0.29) is 22.9 Å². The maximum Gasteiger partial charge on any atom is 0.215 e. The van der Waals surface area contributed by atoms with Gasteiger partial charge in [0.2, 0.25) is 5.88 Å². The minimum absolute atomic E-state index is 0.0708. The number of carbonyl (C=O) groups is 1. The fourth-order valence-corrected chi connectivity index (χ4v) is 4.39. The summed E-state index contributed by atoms with van der Waals surface area (Å²) in [5.41, 5.74) is 3.96. The maximum atomic E-state index is 13.8. The van der Waals surface area contributed by atoms with Crippen molar-refractivity contribution in [2.75, 3.05) is 7.11 Å². The van der Waals surface area contributed by atoms with Gasteiger partial charge in [-0.3, -0.25) is 4.79 Å². The van der Waals surface area contributed by atoms with Crippen molar-refractivity contribution in [1.29, 1.82) is 0 Å². The van der Waals surface area contributed by atoms with Crippen molar-refractivity contribution in [2.24, 2.45) is 4.99 Å². The third-order valence-electron chi connectivity index (χ3n) is 5.94. The average molecular weight is 510 g/mol. The number of carbonyl (C=O) groups excluding carboxylic acids is 1. The second-order valence-corrected chi connectivity index (χ2v) is 9.04. The van der Waals surface area contributed by atoms with Crippen LogP contribution in [-0.4, -0.2) is 38.1 Å². The number of halogens is 1. The lowest BCUT2D eigenvalue weighted by Gasteiger charge is -2.09. The van der Waals surface area contributed by atoms with Crippen LogP contribution in [0.3, 0.4) is 0 Å². The molecule has 0 aliphatic rings. The molecule has 0 spiro atoms. The zero-order valence-electron chi connectivity index (χ0n) is 20.6. The van der Waals surface area contributed by atoms with Gasteiger partial charge in [0.1, 0.15) is 17.1 Å². The molecule has 5 rings (SSSR count). The quantitative estimate of drug-likeness (QED) is 0.143. The summed E-state index contributed by atoms with van der Waals surface area (Å²) < 4.78 is 7.35. The molecule has 8 heteroatoms. The zero-order chi connectivity index (χ0) is 25.9. The van der Waals surface area contributed by atoms with Crippen LogP contribution in [0.4, 0.5) is 5.82 Å². The Bertz CT molecular complexity index is 1570. The summed E-state index contributed by atoms with van der Waals surface area (Å²) in [6, 6.07) is 23.0. The second-order valence-electron chi connectivity index (χ2n) is 8.68. The Morgan fingerprint density at radius 3 is 2.19 bits per heavy atom. The molecule has 7 nitrogen and oxygen atoms in total. The van der Waals surface area contributed by atoms with Gasteiger partial charge in [-0.25, -0.2) is 15.0 Å². The largest absolute Gasteiger partial charge is 0.481 e. The van der Waals surface area contributed by atoms with Crippen LogP contribution in [0.15, 0.2) is 90.3 Å². The molecule has 3 aromatic heterocycles. The summed E-state index contributed by atoms with van der Waals surface area (Å²) in [4.78, 5) is 31.7. The fourth-order valence-electron chi connectivity index (χ4n) is 4.16. The molecule has 0 bridgehead atoms. The zero-order valence-corrected chi connectivity index (χ0v) is 21.3. The highest BCUT2D eigenvalue weighted by atomic mass is 35.5. The van der Waals surface area contributed by atoms with E-state index in [0.29, 0.717) is 28.0 Å². The summed E-state index contributed by atoms with van der Waals surface area (Å²) in [6.45, 7) is 4.03. The number of pyridine rings is 1. The van der Waals surface area contributed by atoms with E-state index in [4.69, 9.17) is 21.3 Å². The summed E-state index contributed by atoms with van der Waals surface area (Å²) in [5.74, 6) is 0.375. The van der Waals surface area contributed by atoms with E-state index >= 15 is 0 Å². The monoisotopic (exact) mass is 509 g/mol. The minimum atomic E-state index is -0.251. The van der Waals surface area contributed by atoms with E-state index in [0.717, 1.165) is 16.8 Å². The molecule has 0 radical (unpaired) electrons. The average Bonchev–Trinajstić information content (AvgIpc) is 3.33. The van der Waals surface area contributed by atoms with E-state index in [1.807, 2.05) is 79.1 Å². The maximum absolute atomic E-state index is 13.8. The normalized spacial score (nSPS) is 11.1. The number of aromatic nitrogens is 4. The van der Waals surface area contributed by atoms with Gasteiger partial charge in [-0.2, -0.15) is 4.98 Å². The second kappa shape index (κ2) is 10.3. The molecule has 0 N–H and O–H groups in total. The van der Waals surface area contributed by atoms with Crippen molar-refractivity contribution in [3.8, 4) is 5.88 Å². The van der Waals surface area contributed by atoms with E-state index in [2.05, 4.69) is 15.0 Å². The van der Waals surface area contributed by atoms with Crippen LogP contribution in [0.25, 0.3) is 11.0 Å². The summed E-state index contributed by atoms with van der Waals surface area (Å²) >= 11 is 6.43. The predicted molar refractivity (Wildman–Crippen MR) is 145 cm³/mol. The number of rotatable bonds is 7. The van der Waals surface area contributed by atoms with Crippen LogP contribution in [0.2, 0.25) is 5.15 Å². The van der Waals surface area contributed by atoms with Crippen LogP contribution < -0.4 is 4.74 Å². The molecule has 184 valence electrons. The molecule has 37 heavy (non-hydrogen) atoms. The molecule has 3 heterocycles. The van der Waals surface area contributed by atoms with E-state index in [9.17, 15) is 4.79 Å². The van der Waals surface area contributed by atoms with Gasteiger partial charge in [0.15, 0.2) is 11.6 Å². The van der Waals surface area contributed by atoms with Crippen LogP contribution in [0, 0.1) is 0 Å². The van der Waals surface area contributed by atoms with Crippen molar-refractivity contribution in [3.63, 3.8) is 0 Å². The number of methoxy groups -OCH3 is 1.